The fourth-order valence-corrected chi connectivity index (χ4v) is 1.91. The number of rotatable bonds is 5. The van der Waals surface area contributed by atoms with Crippen molar-refractivity contribution in [2.75, 3.05) is 27.2 Å². The number of fused-ring (bicyclic) bond motifs is 1. The van der Waals surface area contributed by atoms with Crippen LogP contribution in [0.25, 0.3) is 10.9 Å². The van der Waals surface area contributed by atoms with Crippen LogP contribution < -0.4 is 4.74 Å². The lowest BCUT2D eigenvalue weighted by Gasteiger charge is -2.13. The number of nitrogens with zero attached hydrogens (tertiary/aromatic N) is 1. The number of ether oxygens (including phenoxy) is 1. The maximum absolute atomic E-state index is 10.8. The van der Waals surface area contributed by atoms with Gasteiger partial charge in [0.15, 0.2) is 6.29 Å². The molecule has 0 aliphatic carbocycles. The number of benzene rings is 1. The molecule has 0 fully saturated rings. The first-order chi connectivity index (χ1) is 8.61. The van der Waals surface area contributed by atoms with E-state index in [4.69, 9.17) is 4.74 Å². The molecule has 1 aromatic carbocycles. The first kappa shape index (κ1) is 12.6. The average Bonchev–Trinajstić information content (AvgIpc) is 2.76. The van der Waals surface area contributed by atoms with Crippen molar-refractivity contribution in [3.8, 4) is 5.75 Å². The number of carbonyl (C=O) groups excluding carboxylic acids is 1. The van der Waals surface area contributed by atoms with Crippen molar-refractivity contribution in [1.82, 2.24) is 9.88 Å². The zero-order chi connectivity index (χ0) is 13.1. The molecule has 96 valence electrons. The van der Waals surface area contributed by atoms with E-state index in [0.29, 0.717) is 12.3 Å². The standard InChI is InChI=1S/C14H18N2O2/c1-10-12-8-11(9-17)15-13(12)4-5-14(10)18-7-6-16(2)3/h4-5,8-9,15H,6-7H2,1-3H3. The molecule has 1 N–H and O–H groups in total. The Balaban J connectivity index is 2.24. The van der Waals surface area contributed by atoms with Crippen molar-refractivity contribution in [3.63, 3.8) is 0 Å². The van der Waals surface area contributed by atoms with Gasteiger partial charge in [0.1, 0.15) is 12.4 Å². The van der Waals surface area contributed by atoms with Crippen LogP contribution in [0.15, 0.2) is 18.2 Å². The van der Waals surface area contributed by atoms with Gasteiger partial charge in [-0.15, -0.1) is 0 Å². The SMILES string of the molecule is Cc1c(OCCN(C)C)ccc2[nH]c(C=O)cc12. The third-order valence-electron chi connectivity index (χ3n) is 2.97. The van der Waals surface area contributed by atoms with Crippen molar-refractivity contribution in [2.45, 2.75) is 6.92 Å². The molecule has 0 amide bonds. The van der Waals surface area contributed by atoms with E-state index in [1.807, 2.05) is 39.2 Å². The second-order valence-corrected chi connectivity index (χ2v) is 4.64. The molecule has 4 heteroatoms. The molecule has 0 saturated heterocycles. The molecule has 0 radical (unpaired) electrons. The Morgan fingerprint density at radius 2 is 2.17 bits per heavy atom. The van der Waals surface area contributed by atoms with E-state index >= 15 is 0 Å². The van der Waals surface area contributed by atoms with Crippen molar-refractivity contribution in [2.24, 2.45) is 0 Å². The Morgan fingerprint density at radius 1 is 1.39 bits per heavy atom. The van der Waals surface area contributed by atoms with Gasteiger partial charge in [0.05, 0.1) is 5.69 Å². The highest BCUT2D eigenvalue weighted by molar-refractivity contribution is 5.91. The van der Waals surface area contributed by atoms with Gasteiger partial charge in [-0.3, -0.25) is 4.79 Å². The van der Waals surface area contributed by atoms with Crippen LogP contribution in [0.1, 0.15) is 16.1 Å². The van der Waals surface area contributed by atoms with Gasteiger partial charge in [-0.1, -0.05) is 0 Å². The Kier molecular flexibility index (Phi) is 3.67. The number of nitrogens with one attached hydrogen (secondary N) is 1. The van der Waals surface area contributed by atoms with E-state index < -0.39 is 0 Å². The number of likely N-dealkylation sites (N-methyl/N-ethyl adjacent to an activating group) is 1. The number of aryl methyl sites for hydroxylation is 1. The van der Waals surface area contributed by atoms with Gasteiger partial charge in [0, 0.05) is 23.0 Å². The van der Waals surface area contributed by atoms with Gasteiger partial charge in [0.2, 0.25) is 0 Å². The zero-order valence-electron chi connectivity index (χ0n) is 11.0. The smallest absolute Gasteiger partial charge is 0.166 e. The summed E-state index contributed by atoms with van der Waals surface area (Å²) in [5.41, 5.74) is 2.63. The number of carbonyl (C=O) groups is 1. The molecule has 0 aliphatic rings. The molecule has 18 heavy (non-hydrogen) atoms. The second kappa shape index (κ2) is 5.23. The van der Waals surface area contributed by atoms with Crippen LogP contribution in [0.4, 0.5) is 0 Å². The summed E-state index contributed by atoms with van der Waals surface area (Å²) in [6, 6.07) is 5.75. The van der Waals surface area contributed by atoms with Gasteiger partial charge < -0.3 is 14.6 Å². The summed E-state index contributed by atoms with van der Waals surface area (Å²) in [5.74, 6) is 0.876. The Morgan fingerprint density at radius 3 is 2.83 bits per heavy atom. The number of H-pyrrole nitrogens is 1. The molecule has 0 spiro atoms. The van der Waals surface area contributed by atoms with Crippen molar-refractivity contribution >= 4 is 17.2 Å². The van der Waals surface area contributed by atoms with E-state index in [-0.39, 0.29) is 0 Å². The van der Waals surface area contributed by atoms with Crippen LogP contribution in [-0.2, 0) is 0 Å². The highest BCUT2D eigenvalue weighted by Gasteiger charge is 2.07. The molecule has 1 heterocycles. The maximum Gasteiger partial charge on any atom is 0.166 e. The van der Waals surface area contributed by atoms with Crippen molar-refractivity contribution in [1.29, 1.82) is 0 Å². The molecular weight excluding hydrogens is 228 g/mol. The zero-order valence-corrected chi connectivity index (χ0v) is 11.0. The third kappa shape index (κ3) is 2.54. The van der Waals surface area contributed by atoms with Gasteiger partial charge in [0.25, 0.3) is 0 Å². The number of aromatic amines is 1. The summed E-state index contributed by atoms with van der Waals surface area (Å²) in [5, 5.41) is 1.04. The highest BCUT2D eigenvalue weighted by atomic mass is 16.5. The summed E-state index contributed by atoms with van der Waals surface area (Å²) >= 11 is 0. The highest BCUT2D eigenvalue weighted by Crippen LogP contribution is 2.27. The summed E-state index contributed by atoms with van der Waals surface area (Å²) in [7, 11) is 4.03. The van der Waals surface area contributed by atoms with Crippen LogP contribution in [0.2, 0.25) is 0 Å². The van der Waals surface area contributed by atoms with E-state index in [1.54, 1.807) is 0 Å². The molecule has 0 atom stereocenters. The first-order valence-corrected chi connectivity index (χ1v) is 5.97. The molecule has 0 aliphatic heterocycles. The molecule has 0 bridgehead atoms. The van der Waals surface area contributed by atoms with Crippen LogP contribution in [0.3, 0.4) is 0 Å². The lowest BCUT2D eigenvalue weighted by Crippen LogP contribution is -2.19. The van der Waals surface area contributed by atoms with E-state index in [1.165, 1.54) is 0 Å². The van der Waals surface area contributed by atoms with Crippen molar-refractivity contribution in [3.05, 3.63) is 29.5 Å². The van der Waals surface area contributed by atoms with Gasteiger partial charge in [-0.25, -0.2) is 0 Å². The van der Waals surface area contributed by atoms with Crippen molar-refractivity contribution < 1.29 is 9.53 Å². The van der Waals surface area contributed by atoms with E-state index in [2.05, 4.69) is 9.88 Å². The lowest BCUT2D eigenvalue weighted by molar-refractivity contribution is 0.112. The number of aromatic nitrogens is 1. The van der Waals surface area contributed by atoms with Crippen LogP contribution >= 0.6 is 0 Å². The molecular formula is C14H18N2O2. The normalized spacial score (nSPS) is 11.1. The van der Waals surface area contributed by atoms with Gasteiger partial charge in [-0.05, 0) is 39.2 Å². The largest absolute Gasteiger partial charge is 0.492 e. The van der Waals surface area contributed by atoms with E-state index in [9.17, 15) is 4.79 Å². The average molecular weight is 246 g/mol. The number of hydrogen-bond acceptors (Lipinski definition) is 3. The molecule has 1 aromatic heterocycles. The Hall–Kier alpha value is -1.81. The molecule has 2 aromatic rings. The Bertz CT molecular complexity index is 558. The summed E-state index contributed by atoms with van der Waals surface area (Å²) in [4.78, 5) is 15.9. The maximum atomic E-state index is 10.8. The third-order valence-corrected chi connectivity index (χ3v) is 2.97. The number of hydrogen-bond donors (Lipinski definition) is 1. The topological polar surface area (TPSA) is 45.3 Å². The van der Waals surface area contributed by atoms with Gasteiger partial charge in [-0.2, -0.15) is 0 Å². The van der Waals surface area contributed by atoms with Crippen LogP contribution in [-0.4, -0.2) is 43.4 Å². The molecule has 2 rings (SSSR count). The minimum atomic E-state index is 0.596. The fourth-order valence-electron chi connectivity index (χ4n) is 1.91. The fraction of sp³-hybridized carbons (Fsp3) is 0.357. The Labute approximate surface area is 107 Å². The molecule has 0 unspecified atom stereocenters. The van der Waals surface area contributed by atoms with Gasteiger partial charge >= 0.3 is 0 Å². The lowest BCUT2D eigenvalue weighted by atomic mass is 10.1. The number of aldehydes is 1. The summed E-state index contributed by atoms with van der Waals surface area (Å²) in [6.45, 7) is 3.55. The second-order valence-electron chi connectivity index (χ2n) is 4.64. The van der Waals surface area contributed by atoms with Crippen LogP contribution in [0, 0.1) is 6.92 Å². The van der Waals surface area contributed by atoms with E-state index in [0.717, 1.165) is 35.0 Å². The minimum Gasteiger partial charge on any atom is -0.492 e. The van der Waals surface area contributed by atoms with Crippen LogP contribution in [0.5, 0.6) is 5.75 Å². The predicted octanol–water partition coefficient (Wildman–Crippen LogP) is 2.23. The summed E-state index contributed by atoms with van der Waals surface area (Å²) < 4.78 is 5.75. The molecule has 0 saturated carbocycles. The monoisotopic (exact) mass is 246 g/mol. The predicted molar refractivity (Wildman–Crippen MR) is 72.5 cm³/mol. The molecule has 4 nitrogen and oxygen atoms in total. The first-order valence-electron chi connectivity index (χ1n) is 5.97. The summed E-state index contributed by atoms with van der Waals surface area (Å²) in [6.07, 6.45) is 0.825. The minimum absolute atomic E-state index is 0.596. The quantitative estimate of drug-likeness (QED) is 0.823.